The van der Waals surface area contributed by atoms with Crippen molar-refractivity contribution in [3.63, 3.8) is 0 Å². The Bertz CT molecular complexity index is 539. The van der Waals surface area contributed by atoms with Crippen molar-refractivity contribution < 1.29 is 9.53 Å². The molecule has 0 saturated carbocycles. The smallest absolute Gasteiger partial charge is 0.339 e. The van der Waals surface area contributed by atoms with Crippen molar-refractivity contribution in [3.8, 4) is 0 Å². The molecule has 0 aliphatic carbocycles. The van der Waals surface area contributed by atoms with Gasteiger partial charge < -0.3 is 10.5 Å². The molecule has 0 radical (unpaired) electrons. The quantitative estimate of drug-likeness (QED) is 0.623. The summed E-state index contributed by atoms with van der Waals surface area (Å²) in [7, 11) is 1.33. The Morgan fingerprint density at radius 2 is 2.39 bits per heavy atom. The number of carbonyl (C=O) groups is 1. The number of esters is 1. The van der Waals surface area contributed by atoms with Crippen molar-refractivity contribution in [3.05, 3.63) is 29.6 Å². The molecule has 0 atom stereocenters. The van der Waals surface area contributed by atoms with Crippen molar-refractivity contribution >= 4 is 23.7 Å². The van der Waals surface area contributed by atoms with E-state index in [2.05, 4.69) is 24.9 Å². The summed E-state index contributed by atoms with van der Waals surface area (Å²) in [6.45, 7) is 0. The van der Waals surface area contributed by atoms with E-state index < -0.39 is 5.97 Å². The van der Waals surface area contributed by atoms with Crippen LogP contribution in [-0.2, 0) is 10.5 Å². The minimum absolute atomic E-state index is 0.284. The SMILES string of the molecule is COC(=O)c1ccc(CSc2n[nH]c(N)n2)nc1. The lowest BCUT2D eigenvalue weighted by atomic mass is 10.2. The van der Waals surface area contributed by atoms with Crippen LogP contribution in [0.5, 0.6) is 0 Å². The molecule has 0 aliphatic heterocycles. The number of aromatic amines is 1. The second kappa shape index (κ2) is 5.50. The molecule has 0 aliphatic rings. The van der Waals surface area contributed by atoms with Gasteiger partial charge in [0.2, 0.25) is 11.1 Å². The average Bonchev–Trinajstić information content (AvgIpc) is 2.82. The summed E-state index contributed by atoms with van der Waals surface area (Å²) in [5.41, 5.74) is 6.65. The molecule has 18 heavy (non-hydrogen) atoms. The molecule has 0 fully saturated rings. The number of hydrogen-bond acceptors (Lipinski definition) is 7. The van der Waals surface area contributed by atoms with Crippen LogP contribution in [0.15, 0.2) is 23.5 Å². The first kappa shape index (κ1) is 12.4. The Labute approximate surface area is 107 Å². The number of thioether (sulfide) groups is 1. The molecule has 94 valence electrons. The number of carbonyl (C=O) groups excluding carboxylic acids is 1. The highest BCUT2D eigenvalue weighted by Crippen LogP contribution is 2.18. The van der Waals surface area contributed by atoms with E-state index in [9.17, 15) is 4.79 Å². The number of nitrogens with one attached hydrogen (secondary N) is 1. The zero-order valence-electron chi connectivity index (χ0n) is 9.58. The Balaban J connectivity index is 1.96. The maximum Gasteiger partial charge on any atom is 0.339 e. The summed E-state index contributed by atoms with van der Waals surface area (Å²) >= 11 is 1.40. The second-order valence-corrected chi connectivity index (χ2v) is 4.26. The molecule has 7 nitrogen and oxygen atoms in total. The Kier molecular flexibility index (Phi) is 3.78. The first-order chi connectivity index (χ1) is 8.69. The largest absolute Gasteiger partial charge is 0.465 e. The molecule has 0 amide bonds. The third-order valence-corrected chi connectivity index (χ3v) is 2.96. The lowest BCUT2D eigenvalue weighted by Crippen LogP contribution is -2.02. The van der Waals surface area contributed by atoms with Crippen LogP contribution in [0.4, 0.5) is 5.95 Å². The van der Waals surface area contributed by atoms with Crippen molar-refractivity contribution in [2.24, 2.45) is 0 Å². The van der Waals surface area contributed by atoms with Gasteiger partial charge in [0.15, 0.2) is 0 Å². The monoisotopic (exact) mass is 265 g/mol. The van der Waals surface area contributed by atoms with E-state index in [0.29, 0.717) is 16.5 Å². The van der Waals surface area contributed by atoms with Gasteiger partial charge in [0.05, 0.1) is 18.4 Å². The molecule has 3 N–H and O–H groups in total. The highest BCUT2D eigenvalue weighted by atomic mass is 32.2. The van der Waals surface area contributed by atoms with Crippen molar-refractivity contribution in [2.45, 2.75) is 10.9 Å². The standard InChI is InChI=1S/C10H11N5O2S/c1-17-8(16)6-2-3-7(12-4-6)5-18-10-13-9(11)14-15-10/h2-4H,5H2,1H3,(H3,11,13,14,15). The number of rotatable bonds is 4. The fraction of sp³-hybridized carbons (Fsp3) is 0.200. The van der Waals surface area contributed by atoms with Crippen LogP contribution in [-0.4, -0.2) is 33.2 Å². The van der Waals surface area contributed by atoms with Gasteiger partial charge in [-0.05, 0) is 12.1 Å². The van der Waals surface area contributed by atoms with Crippen LogP contribution < -0.4 is 5.73 Å². The van der Waals surface area contributed by atoms with Gasteiger partial charge in [-0.25, -0.2) is 9.89 Å². The van der Waals surface area contributed by atoms with Crippen LogP contribution in [0, 0.1) is 0 Å². The molecular formula is C10H11N5O2S. The van der Waals surface area contributed by atoms with E-state index in [0.717, 1.165) is 5.69 Å². The maximum atomic E-state index is 11.2. The van der Waals surface area contributed by atoms with Gasteiger partial charge >= 0.3 is 5.97 Å². The predicted molar refractivity (Wildman–Crippen MR) is 65.9 cm³/mol. The molecule has 2 aromatic rings. The fourth-order valence-electron chi connectivity index (χ4n) is 1.21. The number of ether oxygens (including phenoxy) is 1. The minimum Gasteiger partial charge on any atom is -0.465 e. The van der Waals surface area contributed by atoms with E-state index in [-0.39, 0.29) is 5.95 Å². The third-order valence-electron chi connectivity index (χ3n) is 2.08. The number of H-pyrrole nitrogens is 1. The van der Waals surface area contributed by atoms with Crippen LogP contribution in [0.2, 0.25) is 0 Å². The molecule has 8 heteroatoms. The number of aromatic nitrogens is 4. The van der Waals surface area contributed by atoms with E-state index in [1.165, 1.54) is 25.1 Å². The molecule has 0 saturated heterocycles. The molecular weight excluding hydrogens is 254 g/mol. The number of methoxy groups -OCH3 is 1. The van der Waals surface area contributed by atoms with Crippen molar-refractivity contribution in [2.75, 3.05) is 12.8 Å². The van der Waals surface area contributed by atoms with Crippen LogP contribution >= 0.6 is 11.8 Å². The molecule has 0 spiro atoms. The van der Waals surface area contributed by atoms with Gasteiger partial charge in [-0.1, -0.05) is 11.8 Å². The summed E-state index contributed by atoms with van der Waals surface area (Å²) in [5.74, 6) is 0.480. The zero-order chi connectivity index (χ0) is 13.0. The maximum absolute atomic E-state index is 11.2. The lowest BCUT2D eigenvalue weighted by molar-refractivity contribution is 0.0600. The Morgan fingerprint density at radius 3 is 2.94 bits per heavy atom. The first-order valence-electron chi connectivity index (χ1n) is 5.03. The van der Waals surface area contributed by atoms with Gasteiger partial charge in [0.25, 0.3) is 0 Å². The normalized spacial score (nSPS) is 10.3. The molecule has 2 rings (SSSR count). The number of anilines is 1. The highest BCUT2D eigenvalue weighted by Gasteiger charge is 2.06. The van der Waals surface area contributed by atoms with Crippen LogP contribution in [0.1, 0.15) is 16.1 Å². The minimum atomic E-state index is -0.400. The molecule has 2 heterocycles. The van der Waals surface area contributed by atoms with Crippen LogP contribution in [0.25, 0.3) is 0 Å². The lowest BCUT2D eigenvalue weighted by Gasteiger charge is -2.00. The van der Waals surface area contributed by atoms with Crippen molar-refractivity contribution in [1.82, 2.24) is 20.2 Å². The summed E-state index contributed by atoms with van der Waals surface area (Å²) in [6, 6.07) is 3.43. The van der Waals surface area contributed by atoms with E-state index >= 15 is 0 Å². The number of nitrogens with zero attached hydrogens (tertiary/aromatic N) is 3. The van der Waals surface area contributed by atoms with Gasteiger partial charge in [0, 0.05) is 11.9 Å². The summed E-state index contributed by atoms with van der Waals surface area (Å²) in [6.07, 6.45) is 1.48. The first-order valence-corrected chi connectivity index (χ1v) is 6.01. The van der Waals surface area contributed by atoms with Crippen molar-refractivity contribution in [1.29, 1.82) is 0 Å². The number of nitrogen functional groups attached to an aromatic ring is 1. The number of pyridine rings is 1. The van der Waals surface area contributed by atoms with Gasteiger partial charge in [0.1, 0.15) is 0 Å². The van der Waals surface area contributed by atoms with E-state index in [1.54, 1.807) is 12.1 Å². The Morgan fingerprint density at radius 1 is 1.56 bits per heavy atom. The number of hydrogen-bond donors (Lipinski definition) is 2. The zero-order valence-corrected chi connectivity index (χ0v) is 10.4. The molecule has 2 aromatic heterocycles. The fourth-order valence-corrected chi connectivity index (χ4v) is 1.93. The predicted octanol–water partition coefficient (Wildman–Crippen LogP) is 0.861. The Hall–Kier alpha value is -2.09. The van der Waals surface area contributed by atoms with Crippen LogP contribution in [0.3, 0.4) is 0 Å². The summed E-state index contributed by atoms with van der Waals surface area (Å²) in [5, 5.41) is 7.00. The average molecular weight is 265 g/mol. The molecule has 0 bridgehead atoms. The van der Waals surface area contributed by atoms with Gasteiger partial charge in [-0.3, -0.25) is 4.98 Å². The van der Waals surface area contributed by atoms with Gasteiger partial charge in [-0.2, -0.15) is 4.98 Å². The second-order valence-electron chi connectivity index (χ2n) is 3.32. The highest BCUT2D eigenvalue weighted by molar-refractivity contribution is 7.98. The number of nitrogens with two attached hydrogens (primary N) is 1. The van der Waals surface area contributed by atoms with E-state index in [4.69, 9.17) is 5.73 Å². The topological polar surface area (TPSA) is 107 Å². The molecule has 0 aromatic carbocycles. The summed E-state index contributed by atoms with van der Waals surface area (Å²) in [4.78, 5) is 19.3. The molecule has 0 unspecified atom stereocenters. The van der Waals surface area contributed by atoms with Gasteiger partial charge in [-0.15, -0.1) is 5.10 Å². The summed E-state index contributed by atoms with van der Waals surface area (Å²) < 4.78 is 4.59. The van der Waals surface area contributed by atoms with E-state index in [1.807, 2.05) is 0 Å². The third kappa shape index (κ3) is 2.98.